The predicted octanol–water partition coefficient (Wildman–Crippen LogP) is 4.25. The van der Waals surface area contributed by atoms with Crippen molar-refractivity contribution >= 4 is 34.4 Å². The molecule has 0 atom stereocenters. The van der Waals surface area contributed by atoms with Crippen molar-refractivity contribution in [2.24, 2.45) is 4.99 Å². The van der Waals surface area contributed by atoms with Crippen molar-refractivity contribution in [1.82, 2.24) is 4.57 Å². The fourth-order valence-corrected chi connectivity index (χ4v) is 3.66. The van der Waals surface area contributed by atoms with Crippen molar-refractivity contribution in [3.8, 4) is 11.6 Å². The molecule has 0 amide bonds. The standard InChI is InChI=1S/C19H14N2O2S/c1-12-15(14-9-5-6-10-16(14)20-12)11-17-18(22)21(19(23)24-17)13-7-3-2-4-8-13/h2-11,22H,1H3/b15-11+. The van der Waals surface area contributed by atoms with Gasteiger partial charge in [0.15, 0.2) is 0 Å². The van der Waals surface area contributed by atoms with E-state index in [0.29, 0.717) is 10.6 Å². The van der Waals surface area contributed by atoms with Crippen LogP contribution < -0.4 is 4.87 Å². The van der Waals surface area contributed by atoms with Gasteiger partial charge >= 0.3 is 4.87 Å². The molecule has 3 aromatic rings. The molecule has 24 heavy (non-hydrogen) atoms. The number of allylic oxidation sites excluding steroid dienone is 1. The van der Waals surface area contributed by atoms with Gasteiger partial charge in [-0.3, -0.25) is 9.79 Å². The Kier molecular flexibility index (Phi) is 3.43. The molecule has 0 radical (unpaired) electrons. The van der Waals surface area contributed by atoms with Gasteiger partial charge in [-0.15, -0.1) is 0 Å². The second kappa shape index (κ2) is 5.62. The van der Waals surface area contributed by atoms with E-state index < -0.39 is 0 Å². The molecule has 0 saturated heterocycles. The average Bonchev–Trinajstić information content (AvgIpc) is 3.05. The van der Waals surface area contributed by atoms with Crippen molar-refractivity contribution in [3.05, 3.63) is 74.7 Å². The molecule has 1 aliphatic heterocycles. The minimum Gasteiger partial charge on any atom is -0.493 e. The molecule has 1 aliphatic rings. The zero-order chi connectivity index (χ0) is 16.7. The van der Waals surface area contributed by atoms with Gasteiger partial charge in [-0.05, 0) is 31.2 Å². The number of nitrogens with zero attached hydrogens (tertiary/aromatic N) is 2. The Morgan fingerprint density at radius 2 is 1.79 bits per heavy atom. The lowest BCUT2D eigenvalue weighted by Crippen LogP contribution is -2.09. The van der Waals surface area contributed by atoms with E-state index in [4.69, 9.17) is 0 Å². The molecular weight excluding hydrogens is 320 g/mol. The van der Waals surface area contributed by atoms with Crippen LogP contribution in [0.1, 0.15) is 17.4 Å². The van der Waals surface area contributed by atoms with Crippen molar-refractivity contribution in [3.63, 3.8) is 0 Å². The maximum Gasteiger partial charge on any atom is 0.315 e. The van der Waals surface area contributed by atoms with E-state index in [9.17, 15) is 9.90 Å². The lowest BCUT2D eigenvalue weighted by molar-refractivity contribution is 0.440. The van der Waals surface area contributed by atoms with Crippen LogP contribution in [0.3, 0.4) is 0 Å². The molecule has 2 heterocycles. The Bertz CT molecular complexity index is 1040. The number of benzene rings is 2. The van der Waals surface area contributed by atoms with Crippen LogP contribution in [0.5, 0.6) is 5.88 Å². The number of thiazole rings is 1. The molecule has 0 aliphatic carbocycles. The van der Waals surface area contributed by atoms with E-state index in [0.717, 1.165) is 33.9 Å². The first kappa shape index (κ1) is 14.7. The zero-order valence-corrected chi connectivity index (χ0v) is 13.7. The van der Waals surface area contributed by atoms with Crippen molar-refractivity contribution in [1.29, 1.82) is 0 Å². The molecule has 4 rings (SSSR count). The Labute approximate surface area is 142 Å². The summed E-state index contributed by atoms with van der Waals surface area (Å²) in [7, 11) is 0. The van der Waals surface area contributed by atoms with Gasteiger partial charge < -0.3 is 5.11 Å². The summed E-state index contributed by atoms with van der Waals surface area (Å²) in [6, 6.07) is 17.0. The largest absolute Gasteiger partial charge is 0.493 e. The van der Waals surface area contributed by atoms with Gasteiger partial charge in [-0.25, -0.2) is 4.57 Å². The normalized spacial score (nSPS) is 14.7. The number of rotatable bonds is 2. The van der Waals surface area contributed by atoms with Crippen molar-refractivity contribution < 1.29 is 5.11 Å². The van der Waals surface area contributed by atoms with E-state index in [-0.39, 0.29) is 10.8 Å². The summed E-state index contributed by atoms with van der Waals surface area (Å²) in [5, 5.41) is 10.5. The lowest BCUT2D eigenvalue weighted by atomic mass is 10.0. The van der Waals surface area contributed by atoms with Crippen LogP contribution in [0.2, 0.25) is 0 Å². The SMILES string of the molecule is CC1=Nc2ccccc2/C1=C/c1sc(=O)n(-c2ccccc2)c1O. The molecule has 1 N–H and O–H groups in total. The summed E-state index contributed by atoms with van der Waals surface area (Å²) in [6.07, 6.45) is 1.84. The highest BCUT2D eigenvalue weighted by molar-refractivity contribution is 7.10. The molecule has 1 aromatic heterocycles. The van der Waals surface area contributed by atoms with Crippen molar-refractivity contribution in [2.75, 3.05) is 0 Å². The summed E-state index contributed by atoms with van der Waals surface area (Å²) < 4.78 is 1.32. The highest BCUT2D eigenvalue weighted by Gasteiger charge is 2.20. The van der Waals surface area contributed by atoms with E-state index in [2.05, 4.69) is 4.99 Å². The Morgan fingerprint density at radius 3 is 2.58 bits per heavy atom. The molecule has 118 valence electrons. The summed E-state index contributed by atoms with van der Waals surface area (Å²) in [5.74, 6) is -0.0409. The Morgan fingerprint density at radius 1 is 1.08 bits per heavy atom. The highest BCUT2D eigenvalue weighted by Crippen LogP contribution is 2.37. The number of aromatic nitrogens is 1. The molecule has 5 heteroatoms. The van der Waals surface area contributed by atoms with Crippen LogP contribution in [0.4, 0.5) is 5.69 Å². The maximum atomic E-state index is 12.3. The molecule has 0 spiro atoms. The summed E-state index contributed by atoms with van der Waals surface area (Å²) in [6.45, 7) is 1.93. The lowest BCUT2D eigenvalue weighted by Gasteiger charge is -2.03. The highest BCUT2D eigenvalue weighted by atomic mass is 32.1. The van der Waals surface area contributed by atoms with Crippen LogP contribution in [-0.4, -0.2) is 15.4 Å². The van der Waals surface area contributed by atoms with E-state index >= 15 is 0 Å². The van der Waals surface area contributed by atoms with Gasteiger partial charge in [0.25, 0.3) is 0 Å². The first-order valence-corrected chi connectivity index (χ1v) is 8.34. The number of para-hydroxylation sites is 2. The third-order valence-electron chi connectivity index (χ3n) is 3.97. The number of aliphatic imine (C=N–C) groups is 1. The first-order chi connectivity index (χ1) is 11.6. The third kappa shape index (κ3) is 2.30. The van der Waals surface area contributed by atoms with Crippen LogP contribution in [-0.2, 0) is 0 Å². The van der Waals surface area contributed by atoms with E-state index in [1.165, 1.54) is 4.57 Å². The Balaban J connectivity index is 1.86. The predicted molar refractivity (Wildman–Crippen MR) is 98.7 cm³/mol. The maximum absolute atomic E-state index is 12.3. The third-order valence-corrected chi connectivity index (χ3v) is 4.85. The van der Waals surface area contributed by atoms with Crippen LogP contribution >= 0.6 is 11.3 Å². The zero-order valence-electron chi connectivity index (χ0n) is 12.9. The number of aromatic hydroxyl groups is 1. The smallest absolute Gasteiger partial charge is 0.315 e. The summed E-state index contributed by atoms with van der Waals surface area (Å²) in [4.78, 5) is 17.2. The molecule has 0 fully saturated rings. The van der Waals surface area contributed by atoms with Crippen LogP contribution in [0, 0.1) is 0 Å². The Hall–Kier alpha value is -2.92. The van der Waals surface area contributed by atoms with E-state index in [1.807, 2.05) is 55.5 Å². The number of hydrogen-bond donors (Lipinski definition) is 1. The van der Waals surface area contributed by atoms with Gasteiger partial charge in [0.1, 0.15) is 0 Å². The summed E-state index contributed by atoms with van der Waals surface area (Å²) >= 11 is 1.03. The average molecular weight is 334 g/mol. The molecular formula is C19H14N2O2S. The second-order valence-electron chi connectivity index (χ2n) is 5.50. The second-order valence-corrected chi connectivity index (χ2v) is 6.49. The van der Waals surface area contributed by atoms with Crippen LogP contribution in [0.25, 0.3) is 17.3 Å². The van der Waals surface area contributed by atoms with Crippen LogP contribution in [0.15, 0.2) is 64.4 Å². The van der Waals surface area contributed by atoms with Crippen molar-refractivity contribution in [2.45, 2.75) is 6.92 Å². The molecule has 2 aromatic carbocycles. The molecule has 0 unspecified atom stereocenters. The molecule has 0 bridgehead atoms. The van der Waals surface area contributed by atoms with Gasteiger partial charge in [0.05, 0.1) is 16.3 Å². The first-order valence-electron chi connectivity index (χ1n) is 7.52. The fourth-order valence-electron chi connectivity index (χ4n) is 2.83. The fraction of sp³-hybridized carbons (Fsp3) is 0.0526. The number of fused-ring (bicyclic) bond motifs is 1. The van der Waals surface area contributed by atoms with Gasteiger partial charge in [0, 0.05) is 16.8 Å². The molecule has 0 saturated carbocycles. The van der Waals surface area contributed by atoms with Gasteiger partial charge in [-0.2, -0.15) is 0 Å². The minimum absolute atomic E-state index is 0.0409. The monoisotopic (exact) mass is 334 g/mol. The quantitative estimate of drug-likeness (QED) is 0.761. The topological polar surface area (TPSA) is 54.6 Å². The minimum atomic E-state index is -0.216. The molecule has 4 nitrogen and oxygen atoms in total. The van der Waals surface area contributed by atoms with E-state index in [1.54, 1.807) is 12.1 Å². The van der Waals surface area contributed by atoms with Gasteiger partial charge in [-0.1, -0.05) is 47.7 Å². The number of hydrogen-bond acceptors (Lipinski definition) is 4. The van der Waals surface area contributed by atoms with Gasteiger partial charge in [0.2, 0.25) is 5.88 Å². The summed E-state index contributed by atoms with van der Waals surface area (Å²) in [5.41, 5.74) is 4.39.